The zero-order valence-corrected chi connectivity index (χ0v) is 21.9. The van der Waals surface area contributed by atoms with E-state index < -0.39 is 28.5 Å². The molecule has 1 unspecified atom stereocenters. The molecule has 1 atom stereocenters. The molecule has 8 nitrogen and oxygen atoms in total. The Bertz CT molecular complexity index is 1130. The maximum atomic E-state index is 13.5. The van der Waals surface area contributed by atoms with Gasteiger partial charge in [0.15, 0.2) is 0 Å². The molecule has 0 saturated carbocycles. The topological polar surface area (TPSA) is 96.0 Å². The highest BCUT2D eigenvalue weighted by Gasteiger charge is 2.31. The predicted octanol–water partition coefficient (Wildman–Crippen LogP) is 3.71. The number of ether oxygens (including phenoxy) is 1. The average molecular weight is 530 g/mol. The molecule has 11 heteroatoms. The quantitative estimate of drug-likeness (QED) is 0.478. The maximum absolute atomic E-state index is 13.5. The first-order valence-electron chi connectivity index (χ1n) is 10.7. The molecule has 0 aromatic heterocycles. The van der Waals surface area contributed by atoms with Gasteiger partial charge in [-0.05, 0) is 50.6 Å². The number of hydrogen-bond donors (Lipinski definition) is 1. The van der Waals surface area contributed by atoms with Crippen LogP contribution in [0.1, 0.15) is 26.3 Å². The third-order valence-electron chi connectivity index (χ3n) is 4.99. The zero-order valence-electron chi connectivity index (χ0n) is 19.5. The van der Waals surface area contributed by atoms with E-state index in [1.165, 1.54) is 4.90 Å². The number of nitrogens with zero attached hydrogens (tertiary/aromatic N) is 2. The summed E-state index contributed by atoms with van der Waals surface area (Å²) < 4.78 is 31.9. The molecule has 0 heterocycles. The fraction of sp³-hybridized carbons (Fsp3) is 0.391. The number of amides is 2. The van der Waals surface area contributed by atoms with Crippen molar-refractivity contribution in [1.29, 1.82) is 0 Å². The van der Waals surface area contributed by atoms with Crippen LogP contribution in [0.4, 0.5) is 5.69 Å². The van der Waals surface area contributed by atoms with E-state index in [0.29, 0.717) is 34.5 Å². The minimum Gasteiger partial charge on any atom is -0.492 e. The Hall–Kier alpha value is -2.49. The molecular formula is C23H29Cl2N3O5S. The molecule has 0 fully saturated rings. The van der Waals surface area contributed by atoms with Crippen molar-refractivity contribution in [3.8, 4) is 5.75 Å². The summed E-state index contributed by atoms with van der Waals surface area (Å²) in [4.78, 5) is 27.4. The Morgan fingerprint density at radius 2 is 1.79 bits per heavy atom. The largest absolute Gasteiger partial charge is 0.492 e. The summed E-state index contributed by atoms with van der Waals surface area (Å²) in [5, 5.41) is 3.45. The summed E-state index contributed by atoms with van der Waals surface area (Å²) in [6.07, 6.45) is 1.01. The van der Waals surface area contributed by atoms with E-state index in [9.17, 15) is 18.0 Å². The van der Waals surface area contributed by atoms with Crippen LogP contribution in [-0.4, -0.2) is 57.1 Å². The standard InChI is InChI=1S/C23H29Cl2N3O5S/c1-5-26-23(30)16(3)27(14-17-11-12-18(24)13-19(17)25)22(29)15-28(34(4,31)32)20-9-7-8-10-21(20)33-6-2/h7-13,16H,5-6,14-15H2,1-4H3,(H,26,30). The molecule has 0 aliphatic rings. The highest BCUT2D eigenvalue weighted by molar-refractivity contribution is 7.92. The number of para-hydroxylation sites is 2. The second-order valence-electron chi connectivity index (χ2n) is 7.50. The van der Waals surface area contributed by atoms with E-state index in [-0.39, 0.29) is 18.1 Å². The molecule has 0 bridgehead atoms. The van der Waals surface area contributed by atoms with E-state index in [1.807, 2.05) is 0 Å². The van der Waals surface area contributed by atoms with Crippen LogP contribution in [0, 0.1) is 0 Å². The highest BCUT2D eigenvalue weighted by atomic mass is 35.5. The van der Waals surface area contributed by atoms with E-state index in [4.69, 9.17) is 27.9 Å². The number of carbonyl (C=O) groups is 2. The molecule has 186 valence electrons. The third-order valence-corrected chi connectivity index (χ3v) is 6.70. The summed E-state index contributed by atoms with van der Waals surface area (Å²) in [6, 6.07) is 10.5. The number of hydrogen-bond acceptors (Lipinski definition) is 5. The lowest BCUT2D eigenvalue weighted by Gasteiger charge is -2.32. The Kier molecular flexibility index (Phi) is 10.0. The number of likely N-dealkylation sites (N-methyl/N-ethyl adjacent to an activating group) is 1. The van der Waals surface area contributed by atoms with Gasteiger partial charge in [-0.1, -0.05) is 41.4 Å². The van der Waals surface area contributed by atoms with Gasteiger partial charge in [0, 0.05) is 23.1 Å². The van der Waals surface area contributed by atoms with Crippen molar-refractivity contribution in [3.05, 3.63) is 58.1 Å². The molecule has 0 spiro atoms. The van der Waals surface area contributed by atoms with Gasteiger partial charge in [0.2, 0.25) is 21.8 Å². The lowest BCUT2D eigenvalue weighted by atomic mass is 10.1. The smallest absolute Gasteiger partial charge is 0.244 e. The SMILES string of the molecule is CCNC(=O)C(C)N(Cc1ccc(Cl)cc1Cl)C(=O)CN(c1ccccc1OCC)S(C)(=O)=O. The summed E-state index contributed by atoms with van der Waals surface area (Å²) in [6.45, 7) is 5.27. The molecule has 0 saturated heterocycles. The molecule has 34 heavy (non-hydrogen) atoms. The Balaban J connectivity index is 2.46. The second kappa shape index (κ2) is 12.3. The molecule has 0 radical (unpaired) electrons. The Labute approximate surface area is 210 Å². The molecule has 2 aromatic carbocycles. The molecule has 0 aliphatic carbocycles. The van der Waals surface area contributed by atoms with E-state index in [2.05, 4.69) is 5.32 Å². The molecule has 2 aromatic rings. The monoisotopic (exact) mass is 529 g/mol. The first-order valence-corrected chi connectivity index (χ1v) is 13.3. The van der Waals surface area contributed by atoms with Crippen molar-refractivity contribution in [1.82, 2.24) is 10.2 Å². The molecular weight excluding hydrogens is 501 g/mol. The minimum atomic E-state index is -3.87. The van der Waals surface area contributed by atoms with Crippen LogP contribution in [0.15, 0.2) is 42.5 Å². The minimum absolute atomic E-state index is 0.0160. The summed E-state index contributed by atoms with van der Waals surface area (Å²) >= 11 is 12.3. The summed E-state index contributed by atoms with van der Waals surface area (Å²) in [5.41, 5.74) is 0.798. The van der Waals surface area contributed by atoms with E-state index in [1.54, 1.807) is 63.2 Å². The van der Waals surface area contributed by atoms with Gasteiger partial charge >= 0.3 is 0 Å². The van der Waals surface area contributed by atoms with Crippen LogP contribution < -0.4 is 14.4 Å². The van der Waals surface area contributed by atoms with Crippen LogP contribution in [0.3, 0.4) is 0 Å². The number of sulfonamides is 1. The summed E-state index contributed by atoms with van der Waals surface area (Å²) in [5.74, 6) is -0.629. The Morgan fingerprint density at radius 3 is 2.38 bits per heavy atom. The van der Waals surface area contributed by atoms with Gasteiger partial charge < -0.3 is 15.0 Å². The fourth-order valence-corrected chi connectivity index (χ4v) is 4.59. The van der Waals surface area contributed by atoms with Crippen LogP contribution in [-0.2, 0) is 26.2 Å². The maximum Gasteiger partial charge on any atom is 0.244 e. The van der Waals surface area contributed by atoms with Gasteiger partial charge in [0.1, 0.15) is 18.3 Å². The van der Waals surface area contributed by atoms with Crippen molar-refractivity contribution in [2.45, 2.75) is 33.4 Å². The van der Waals surface area contributed by atoms with Gasteiger partial charge in [-0.25, -0.2) is 8.42 Å². The Morgan fingerprint density at radius 1 is 1.12 bits per heavy atom. The molecule has 1 N–H and O–H groups in total. The second-order valence-corrected chi connectivity index (χ2v) is 10.2. The van der Waals surface area contributed by atoms with Gasteiger partial charge in [0.05, 0.1) is 18.6 Å². The zero-order chi connectivity index (χ0) is 25.5. The van der Waals surface area contributed by atoms with E-state index >= 15 is 0 Å². The predicted molar refractivity (Wildman–Crippen MR) is 135 cm³/mol. The number of rotatable bonds is 11. The van der Waals surface area contributed by atoms with Crippen LogP contribution in [0.25, 0.3) is 0 Å². The highest BCUT2D eigenvalue weighted by Crippen LogP contribution is 2.30. The van der Waals surface area contributed by atoms with Crippen molar-refractivity contribution >= 4 is 50.7 Å². The lowest BCUT2D eigenvalue weighted by Crippen LogP contribution is -2.51. The lowest BCUT2D eigenvalue weighted by molar-refractivity contribution is -0.139. The molecule has 0 aliphatic heterocycles. The van der Waals surface area contributed by atoms with Crippen LogP contribution in [0.5, 0.6) is 5.75 Å². The van der Waals surface area contributed by atoms with Gasteiger partial charge in [-0.3, -0.25) is 13.9 Å². The van der Waals surface area contributed by atoms with Crippen LogP contribution in [0.2, 0.25) is 10.0 Å². The normalized spacial score (nSPS) is 12.1. The van der Waals surface area contributed by atoms with Gasteiger partial charge in [-0.2, -0.15) is 0 Å². The van der Waals surface area contributed by atoms with Crippen molar-refractivity contribution in [3.63, 3.8) is 0 Å². The first-order chi connectivity index (χ1) is 16.0. The van der Waals surface area contributed by atoms with E-state index in [0.717, 1.165) is 10.6 Å². The van der Waals surface area contributed by atoms with Crippen LogP contribution >= 0.6 is 23.2 Å². The number of nitrogens with one attached hydrogen (secondary N) is 1. The summed E-state index contributed by atoms with van der Waals surface area (Å²) in [7, 11) is -3.87. The number of carbonyl (C=O) groups excluding carboxylic acids is 2. The van der Waals surface area contributed by atoms with Crippen molar-refractivity contribution in [2.24, 2.45) is 0 Å². The fourth-order valence-electron chi connectivity index (χ4n) is 3.27. The van der Waals surface area contributed by atoms with Crippen molar-refractivity contribution < 1.29 is 22.7 Å². The first kappa shape index (κ1) is 27.8. The number of anilines is 1. The molecule has 2 rings (SSSR count). The van der Waals surface area contributed by atoms with Gasteiger partial charge in [-0.15, -0.1) is 0 Å². The number of benzene rings is 2. The van der Waals surface area contributed by atoms with Gasteiger partial charge in [0.25, 0.3) is 0 Å². The average Bonchev–Trinajstić information content (AvgIpc) is 2.76. The third kappa shape index (κ3) is 7.25. The van der Waals surface area contributed by atoms with Crippen molar-refractivity contribution in [2.75, 3.05) is 30.3 Å². The molecule has 2 amide bonds. The number of halogens is 2.